The monoisotopic (exact) mass is 306 g/mol. The van der Waals surface area contributed by atoms with Crippen molar-refractivity contribution in [2.45, 2.75) is 33.3 Å². The third-order valence-corrected chi connectivity index (χ3v) is 3.23. The van der Waals surface area contributed by atoms with Crippen LogP contribution >= 0.6 is 0 Å². The van der Waals surface area contributed by atoms with E-state index in [2.05, 4.69) is 0 Å². The number of benzene rings is 1. The molecule has 0 spiro atoms. The molecule has 1 N–H and O–H groups in total. The molecule has 0 amide bonds. The molecule has 22 heavy (non-hydrogen) atoms. The summed E-state index contributed by atoms with van der Waals surface area (Å²) >= 11 is 0. The number of hydrogen-bond acceptors (Lipinski definition) is 6. The minimum atomic E-state index is -0.887. The van der Waals surface area contributed by atoms with Crippen LogP contribution in [0.25, 0.3) is 11.0 Å². The standard InChI is InChI=1S/C16H18O6/c1-4-12(16(19)20-5-2)21-15-11(17)7-6-10-9(3)8-13(18)22-14(10)15/h6-8,12,17H,4-5H2,1-3H3. The van der Waals surface area contributed by atoms with Gasteiger partial charge in [-0.1, -0.05) is 6.92 Å². The van der Waals surface area contributed by atoms with Gasteiger partial charge in [0.2, 0.25) is 5.75 Å². The molecule has 1 unspecified atom stereocenters. The SMILES string of the molecule is CCOC(=O)C(CC)Oc1c(O)ccc2c(C)cc(=O)oc12. The van der Waals surface area contributed by atoms with E-state index in [0.717, 1.165) is 0 Å². The Morgan fingerprint density at radius 1 is 1.36 bits per heavy atom. The highest BCUT2D eigenvalue weighted by molar-refractivity contribution is 5.88. The van der Waals surface area contributed by atoms with Crippen LogP contribution in [0.1, 0.15) is 25.8 Å². The first-order chi connectivity index (χ1) is 10.5. The van der Waals surface area contributed by atoms with Crippen molar-refractivity contribution in [2.75, 3.05) is 6.61 Å². The fraction of sp³-hybridized carbons (Fsp3) is 0.375. The number of carbonyl (C=O) groups excluding carboxylic acids is 1. The minimum Gasteiger partial charge on any atom is -0.504 e. The number of carbonyl (C=O) groups is 1. The van der Waals surface area contributed by atoms with Crippen molar-refractivity contribution < 1.29 is 23.8 Å². The molecular formula is C16H18O6. The first-order valence-electron chi connectivity index (χ1n) is 7.07. The van der Waals surface area contributed by atoms with E-state index in [1.807, 2.05) is 0 Å². The highest BCUT2D eigenvalue weighted by Gasteiger charge is 2.23. The second-order valence-electron chi connectivity index (χ2n) is 4.81. The first-order valence-corrected chi connectivity index (χ1v) is 7.07. The molecular weight excluding hydrogens is 288 g/mol. The number of aromatic hydroxyl groups is 1. The van der Waals surface area contributed by atoms with Gasteiger partial charge in [-0.25, -0.2) is 9.59 Å². The summed E-state index contributed by atoms with van der Waals surface area (Å²) < 4.78 is 15.7. The zero-order valence-corrected chi connectivity index (χ0v) is 12.7. The molecule has 0 saturated carbocycles. The minimum absolute atomic E-state index is 0.0294. The predicted octanol–water partition coefficient (Wildman–Crippen LogP) is 2.53. The number of rotatable bonds is 5. The van der Waals surface area contributed by atoms with E-state index in [4.69, 9.17) is 13.9 Å². The number of hydrogen-bond donors (Lipinski definition) is 1. The second kappa shape index (κ2) is 6.51. The van der Waals surface area contributed by atoms with E-state index in [-0.39, 0.29) is 23.7 Å². The molecule has 0 aliphatic rings. The van der Waals surface area contributed by atoms with E-state index >= 15 is 0 Å². The smallest absolute Gasteiger partial charge is 0.347 e. The fourth-order valence-electron chi connectivity index (χ4n) is 2.14. The van der Waals surface area contributed by atoms with E-state index in [1.165, 1.54) is 12.1 Å². The van der Waals surface area contributed by atoms with Crippen LogP contribution in [-0.4, -0.2) is 23.8 Å². The number of phenols is 1. The normalized spacial score (nSPS) is 12.1. The van der Waals surface area contributed by atoms with Gasteiger partial charge in [0.05, 0.1) is 6.61 Å². The lowest BCUT2D eigenvalue weighted by Crippen LogP contribution is -2.28. The summed E-state index contributed by atoms with van der Waals surface area (Å²) in [5, 5.41) is 10.6. The molecule has 1 atom stereocenters. The van der Waals surface area contributed by atoms with Gasteiger partial charge in [0.1, 0.15) is 0 Å². The molecule has 0 aliphatic carbocycles. The zero-order chi connectivity index (χ0) is 16.3. The van der Waals surface area contributed by atoms with Gasteiger partial charge in [0.25, 0.3) is 0 Å². The lowest BCUT2D eigenvalue weighted by molar-refractivity contribution is -0.151. The lowest BCUT2D eigenvalue weighted by atomic mass is 10.1. The van der Waals surface area contributed by atoms with Crippen molar-refractivity contribution in [3.63, 3.8) is 0 Å². The molecule has 0 fully saturated rings. The van der Waals surface area contributed by atoms with Gasteiger partial charge >= 0.3 is 11.6 Å². The summed E-state index contributed by atoms with van der Waals surface area (Å²) in [6.07, 6.45) is -0.535. The molecule has 0 saturated heterocycles. The summed E-state index contributed by atoms with van der Waals surface area (Å²) in [4.78, 5) is 23.4. The Hall–Kier alpha value is -2.50. The van der Waals surface area contributed by atoms with E-state index in [0.29, 0.717) is 17.4 Å². The molecule has 0 radical (unpaired) electrons. The van der Waals surface area contributed by atoms with Crippen LogP contribution in [0.15, 0.2) is 27.4 Å². The maximum atomic E-state index is 11.8. The van der Waals surface area contributed by atoms with Gasteiger partial charge in [-0.15, -0.1) is 0 Å². The van der Waals surface area contributed by atoms with Crippen LogP contribution in [0.2, 0.25) is 0 Å². The molecule has 1 heterocycles. The molecule has 2 aromatic rings. The summed E-state index contributed by atoms with van der Waals surface area (Å²) in [5.74, 6) is -0.765. The van der Waals surface area contributed by atoms with Crippen LogP contribution in [0, 0.1) is 6.92 Å². The molecule has 6 heteroatoms. The van der Waals surface area contributed by atoms with Gasteiger partial charge in [-0.2, -0.15) is 0 Å². The van der Waals surface area contributed by atoms with Crippen molar-refractivity contribution in [3.05, 3.63) is 34.2 Å². The van der Waals surface area contributed by atoms with Crippen LogP contribution in [0.3, 0.4) is 0 Å². The Labute approximate surface area is 127 Å². The van der Waals surface area contributed by atoms with Gasteiger partial charge in [-0.05, 0) is 38.0 Å². The predicted molar refractivity (Wildman–Crippen MR) is 80.2 cm³/mol. The average molecular weight is 306 g/mol. The van der Waals surface area contributed by atoms with Crippen molar-refractivity contribution in [1.82, 2.24) is 0 Å². The molecule has 6 nitrogen and oxygen atoms in total. The maximum absolute atomic E-state index is 11.8. The molecule has 2 rings (SSSR count). The van der Waals surface area contributed by atoms with Crippen molar-refractivity contribution in [3.8, 4) is 11.5 Å². The van der Waals surface area contributed by atoms with Gasteiger partial charge in [-0.3, -0.25) is 0 Å². The third kappa shape index (κ3) is 3.05. The zero-order valence-electron chi connectivity index (χ0n) is 12.7. The van der Waals surface area contributed by atoms with Crippen molar-refractivity contribution in [2.24, 2.45) is 0 Å². The summed E-state index contributed by atoms with van der Waals surface area (Å²) in [6.45, 7) is 5.44. The number of phenolic OH excluding ortho intramolecular Hbond substituents is 1. The van der Waals surface area contributed by atoms with E-state index < -0.39 is 17.7 Å². The number of ether oxygens (including phenoxy) is 2. The largest absolute Gasteiger partial charge is 0.504 e. The number of fused-ring (bicyclic) bond motifs is 1. The Morgan fingerprint density at radius 3 is 2.73 bits per heavy atom. The quantitative estimate of drug-likeness (QED) is 0.675. The first kappa shape index (κ1) is 15.9. The lowest BCUT2D eigenvalue weighted by Gasteiger charge is -2.17. The Balaban J connectivity index is 2.52. The highest BCUT2D eigenvalue weighted by Crippen LogP contribution is 2.36. The van der Waals surface area contributed by atoms with E-state index in [9.17, 15) is 14.7 Å². The van der Waals surface area contributed by atoms with Crippen LogP contribution in [0.5, 0.6) is 11.5 Å². The highest BCUT2D eigenvalue weighted by atomic mass is 16.6. The Bertz CT molecular complexity index is 746. The van der Waals surface area contributed by atoms with Crippen LogP contribution in [-0.2, 0) is 9.53 Å². The molecule has 1 aromatic heterocycles. The van der Waals surface area contributed by atoms with Crippen LogP contribution < -0.4 is 10.4 Å². The van der Waals surface area contributed by atoms with Crippen molar-refractivity contribution >= 4 is 16.9 Å². The second-order valence-corrected chi connectivity index (χ2v) is 4.81. The average Bonchev–Trinajstić information content (AvgIpc) is 2.46. The summed E-state index contributed by atoms with van der Waals surface area (Å²) in [6, 6.07) is 4.41. The van der Waals surface area contributed by atoms with Gasteiger partial charge in [0.15, 0.2) is 17.4 Å². The Kier molecular flexibility index (Phi) is 4.70. The van der Waals surface area contributed by atoms with Gasteiger partial charge in [0, 0.05) is 11.5 Å². The Morgan fingerprint density at radius 2 is 2.09 bits per heavy atom. The fourth-order valence-corrected chi connectivity index (χ4v) is 2.14. The van der Waals surface area contributed by atoms with E-state index in [1.54, 1.807) is 26.8 Å². The van der Waals surface area contributed by atoms with Crippen LogP contribution in [0.4, 0.5) is 0 Å². The third-order valence-electron chi connectivity index (χ3n) is 3.23. The molecule has 0 bridgehead atoms. The molecule has 118 valence electrons. The van der Waals surface area contributed by atoms with Gasteiger partial charge < -0.3 is 19.0 Å². The molecule has 0 aliphatic heterocycles. The summed E-state index contributed by atoms with van der Waals surface area (Å²) in [5.41, 5.74) is 0.262. The number of aryl methyl sites for hydroxylation is 1. The topological polar surface area (TPSA) is 86.0 Å². The number of esters is 1. The maximum Gasteiger partial charge on any atom is 0.347 e. The molecule has 1 aromatic carbocycles. The van der Waals surface area contributed by atoms with Crippen molar-refractivity contribution in [1.29, 1.82) is 0 Å². The summed E-state index contributed by atoms with van der Waals surface area (Å²) in [7, 11) is 0.